The molecule has 0 bridgehead atoms. The molecular weight excluding hydrogens is 382 g/mol. The summed E-state index contributed by atoms with van der Waals surface area (Å²) in [5.74, 6) is 0. The topological polar surface area (TPSA) is 49.4 Å². The molecule has 1 fully saturated rings. The molecule has 6 nitrogen and oxygen atoms in total. The fourth-order valence-electron chi connectivity index (χ4n) is 3.53. The minimum Gasteiger partial charge on any atom is -0.378 e. The smallest absolute Gasteiger partial charge is 0.0701 e. The zero-order chi connectivity index (χ0) is 21.4. The van der Waals surface area contributed by atoms with Crippen LogP contribution in [0, 0.1) is 0 Å². The van der Waals surface area contributed by atoms with Gasteiger partial charge in [0.15, 0.2) is 0 Å². The molecule has 1 aliphatic heterocycles. The summed E-state index contributed by atoms with van der Waals surface area (Å²) in [6.07, 6.45) is 13.8. The first-order valence-electron chi connectivity index (χ1n) is 12.5. The monoisotopic (exact) mass is 431 g/mol. The van der Waals surface area contributed by atoms with Crippen molar-refractivity contribution in [3.63, 3.8) is 0 Å². The third-order valence-electron chi connectivity index (χ3n) is 5.42. The second-order valence-corrected chi connectivity index (χ2v) is 8.09. The molecule has 0 aromatic heterocycles. The van der Waals surface area contributed by atoms with Gasteiger partial charge in [-0.25, -0.2) is 0 Å². The van der Waals surface area contributed by atoms with Crippen molar-refractivity contribution >= 4 is 0 Å². The standard InChI is InChI=1S/C24H49NO5/c1-2-3-4-5-6-7-8-9-10-11-12-25-13-15-26-17-19-28-21-23-30-24-22-29-20-18-27-16-14-25/h2-24H2,1H3. The molecule has 30 heavy (non-hydrogen) atoms. The van der Waals surface area contributed by atoms with Gasteiger partial charge in [0.25, 0.3) is 0 Å². The Morgan fingerprint density at radius 3 is 1.17 bits per heavy atom. The number of nitrogens with zero attached hydrogens (tertiary/aromatic N) is 1. The van der Waals surface area contributed by atoms with Crippen LogP contribution in [0.2, 0.25) is 0 Å². The molecule has 1 saturated heterocycles. The van der Waals surface area contributed by atoms with Crippen molar-refractivity contribution in [1.82, 2.24) is 4.90 Å². The van der Waals surface area contributed by atoms with E-state index in [0.717, 1.165) is 32.8 Å². The summed E-state index contributed by atoms with van der Waals surface area (Å²) in [5, 5.41) is 0. The van der Waals surface area contributed by atoms with Gasteiger partial charge in [-0.3, -0.25) is 4.90 Å². The van der Waals surface area contributed by atoms with Crippen molar-refractivity contribution in [3.05, 3.63) is 0 Å². The van der Waals surface area contributed by atoms with Gasteiger partial charge >= 0.3 is 0 Å². The van der Waals surface area contributed by atoms with Gasteiger partial charge in [0.2, 0.25) is 0 Å². The van der Waals surface area contributed by atoms with Crippen LogP contribution in [0.1, 0.15) is 71.1 Å². The van der Waals surface area contributed by atoms with Crippen LogP contribution in [-0.4, -0.2) is 90.6 Å². The zero-order valence-corrected chi connectivity index (χ0v) is 19.8. The summed E-state index contributed by atoms with van der Waals surface area (Å²) >= 11 is 0. The van der Waals surface area contributed by atoms with E-state index >= 15 is 0 Å². The molecular formula is C24H49NO5. The molecule has 180 valence electrons. The Kier molecular flexibility index (Phi) is 21.7. The predicted molar refractivity (Wildman–Crippen MR) is 122 cm³/mol. The summed E-state index contributed by atoms with van der Waals surface area (Å²) in [4.78, 5) is 2.48. The van der Waals surface area contributed by atoms with Crippen LogP contribution >= 0.6 is 0 Å². The summed E-state index contributed by atoms with van der Waals surface area (Å²) < 4.78 is 28.0. The average Bonchev–Trinajstić information content (AvgIpc) is 2.76. The maximum Gasteiger partial charge on any atom is 0.0701 e. The lowest BCUT2D eigenvalue weighted by atomic mass is 10.1. The maximum absolute atomic E-state index is 5.74. The average molecular weight is 432 g/mol. The lowest BCUT2D eigenvalue weighted by Gasteiger charge is -2.22. The molecule has 0 spiro atoms. The van der Waals surface area contributed by atoms with E-state index < -0.39 is 0 Å². The molecule has 0 radical (unpaired) electrons. The van der Waals surface area contributed by atoms with Crippen LogP contribution in [0.4, 0.5) is 0 Å². The quantitative estimate of drug-likeness (QED) is 0.455. The SMILES string of the molecule is CCCCCCCCCCCCN1CCOCCOCCOCCOCCOCC1. The van der Waals surface area contributed by atoms with Crippen molar-refractivity contribution in [2.45, 2.75) is 71.1 Å². The fraction of sp³-hybridized carbons (Fsp3) is 1.00. The molecule has 1 heterocycles. The summed E-state index contributed by atoms with van der Waals surface area (Å²) in [6, 6.07) is 0. The second kappa shape index (κ2) is 23.4. The van der Waals surface area contributed by atoms with Crippen LogP contribution in [-0.2, 0) is 23.7 Å². The van der Waals surface area contributed by atoms with E-state index in [4.69, 9.17) is 23.7 Å². The number of ether oxygens (including phenoxy) is 5. The van der Waals surface area contributed by atoms with Gasteiger partial charge < -0.3 is 23.7 Å². The van der Waals surface area contributed by atoms with E-state index in [2.05, 4.69) is 11.8 Å². The lowest BCUT2D eigenvalue weighted by molar-refractivity contribution is -0.0186. The highest BCUT2D eigenvalue weighted by Gasteiger charge is 2.06. The summed E-state index contributed by atoms with van der Waals surface area (Å²) in [6.45, 7) is 11.8. The maximum atomic E-state index is 5.74. The Labute approximate surface area is 185 Å². The van der Waals surface area contributed by atoms with E-state index in [1.54, 1.807) is 0 Å². The Balaban J connectivity index is 2.10. The van der Waals surface area contributed by atoms with Crippen LogP contribution in [0.25, 0.3) is 0 Å². The van der Waals surface area contributed by atoms with Gasteiger partial charge in [0, 0.05) is 13.1 Å². The van der Waals surface area contributed by atoms with Gasteiger partial charge in [-0.2, -0.15) is 0 Å². The van der Waals surface area contributed by atoms with Crippen molar-refractivity contribution in [2.24, 2.45) is 0 Å². The Bertz CT molecular complexity index is 315. The number of hydrogen-bond donors (Lipinski definition) is 0. The largest absolute Gasteiger partial charge is 0.378 e. The third kappa shape index (κ3) is 19.7. The number of hydrogen-bond acceptors (Lipinski definition) is 6. The summed E-state index contributed by atoms with van der Waals surface area (Å²) in [7, 11) is 0. The van der Waals surface area contributed by atoms with Crippen LogP contribution in [0.3, 0.4) is 0 Å². The zero-order valence-electron chi connectivity index (χ0n) is 19.8. The number of rotatable bonds is 11. The minimum absolute atomic E-state index is 0.604. The molecule has 0 N–H and O–H groups in total. The third-order valence-corrected chi connectivity index (χ3v) is 5.42. The number of unbranched alkanes of at least 4 members (excludes halogenated alkanes) is 9. The van der Waals surface area contributed by atoms with Crippen molar-refractivity contribution in [1.29, 1.82) is 0 Å². The van der Waals surface area contributed by atoms with Crippen LogP contribution in [0.5, 0.6) is 0 Å². The van der Waals surface area contributed by atoms with Gasteiger partial charge in [-0.05, 0) is 13.0 Å². The summed E-state index contributed by atoms with van der Waals surface area (Å²) in [5.41, 5.74) is 0. The Morgan fingerprint density at radius 2 is 0.767 bits per heavy atom. The normalized spacial score (nSPS) is 19.9. The van der Waals surface area contributed by atoms with Crippen molar-refractivity contribution in [3.8, 4) is 0 Å². The van der Waals surface area contributed by atoms with Gasteiger partial charge in [0.1, 0.15) is 0 Å². The van der Waals surface area contributed by atoms with Crippen LogP contribution < -0.4 is 0 Å². The van der Waals surface area contributed by atoms with E-state index in [0.29, 0.717) is 52.9 Å². The first kappa shape index (κ1) is 27.8. The first-order chi connectivity index (χ1) is 14.9. The highest BCUT2D eigenvalue weighted by Crippen LogP contribution is 2.10. The molecule has 0 aliphatic carbocycles. The molecule has 0 unspecified atom stereocenters. The molecule has 0 atom stereocenters. The van der Waals surface area contributed by atoms with E-state index in [9.17, 15) is 0 Å². The van der Waals surface area contributed by atoms with E-state index in [1.165, 1.54) is 64.2 Å². The highest BCUT2D eigenvalue weighted by atomic mass is 16.6. The second-order valence-electron chi connectivity index (χ2n) is 8.09. The molecule has 0 aromatic rings. The fourth-order valence-corrected chi connectivity index (χ4v) is 3.53. The highest BCUT2D eigenvalue weighted by molar-refractivity contribution is 4.59. The molecule has 1 aliphatic rings. The minimum atomic E-state index is 0.604. The Hall–Kier alpha value is -0.240. The van der Waals surface area contributed by atoms with Gasteiger partial charge in [0.05, 0.1) is 66.1 Å². The Morgan fingerprint density at radius 1 is 0.433 bits per heavy atom. The lowest BCUT2D eigenvalue weighted by Crippen LogP contribution is -2.32. The molecule has 0 amide bonds. The molecule has 0 saturated carbocycles. The van der Waals surface area contributed by atoms with E-state index in [-0.39, 0.29) is 0 Å². The van der Waals surface area contributed by atoms with E-state index in [1.807, 2.05) is 0 Å². The molecule has 1 rings (SSSR count). The molecule has 0 aromatic carbocycles. The molecule has 6 heteroatoms. The van der Waals surface area contributed by atoms with Gasteiger partial charge in [-0.1, -0.05) is 64.7 Å². The van der Waals surface area contributed by atoms with Crippen molar-refractivity contribution in [2.75, 3.05) is 85.7 Å². The predicted octanol–water partition coefficient (Wildman–Crippen LogP) is 4.31. The first-order valence-corrected chi connectivity index (χ1v) is 12.5. The van der Waals surface area contributed by atoms with Gasteiger partial charge in [-0.15, -0.1) is 0 Å². The van der Waals surface area contributed by atoms with Crippen molar-refractivity contribution < 1.29 is 23.7 Å². The van der Waals surface area contributed by atoms with Crippen LogP contribution in [0.15, 0.2) is 0 Å².